The molecule has 1 atom stereocenters. The monoisotopic (exact) mass is 357 g/mol. The van der Waals surface area contributed by atoms with Crippen molar-refractivity contribution in [1.29, 1.82) is 0 Å². The van der Waals surface area contributed by atoms with Gasteiger partial charge < -0.3 is 20.7 Å². The number of ether oxygens (including phenoxy) is 1. The Morgan fingerprint density at radius 2 is 2.04 bits per heavy atom. The van der Waals surface area contributed by atoms with E-state index in [1.807, 2.05) is 18.2 Å². The van der Waals surface area contributed by atoms with Crippen molar-refractivity contribution in [2.75, 3.05) is 18.5 Å². The summed E-state index contributed by atoms with van der Waals surface area (Å²) in [6.07, 6.45) is 7.96. The van der Waals surface area contributed by atoms with Crippen molar-refractivity contribution >= 4 is 17.6 Å². The van der Waals surface area contributed by atoms with Gasteiger partial charge in [0.1, 0.15) is 12.4 Å². The van der Waals surface area contributed by atoms with Crippen LogP contribution in [0.25, 0.3) is 0 Å². The zero-order valence-electron chi connectivity index (χ0n) is 15.1. The lowest BCUT2D eigenvalue weighted by Gasteiger charge is -2.25. The van der Waals surface area contributed by atoms with E-state index >= 15 is 0 Å². The van der Waals surface area contributed by atoms with E-state index in [2.05, 4.69) is 22.5 Å². The summed E-state index contributed by atoms with van der Waals surface area (Å²) < 4.78 is 5.70. The molecule has 1 aliphatic carbocycles. The van der Waals surface area contributed by atoms with Gasteiger partial charge in [-0.15, -0.1) is 6.58 Å². The number of hydrogen-bond acceptors (Lipinski definition) is 3. The summed E-state index contributed by atoms with van der Waals surface area (Å²) in [7, 11) is 0. The lowest BCUT2D eigenvalue weighted by atomic mass is 9.95. The van der Waals surface area contributed by atoms with Crippen molar-refractivity contribution in [1.82, 2.24) is 10.6 Å². The highest BCUT2D eigenvalue weighted by Crippen LogP contribution is 2.30. The molecular formula is C20H27N3O3. The molecule has 1 fully saturated rings. The molecule has 1 saturated carbocycles. The second-order valence-electron chi connectivity index (χ2n) is 7.00. The molecule has 1 heterocycles. The van der Waals surface area contributed by atoms with Crippen LogP contribution in [0.3, 0.4) is 0 Å². The van der Waals surface area contributed by atoms with Crippen molar-refractivity contribution in [3.05, 3.63) is 36.4 Å². The van der Waals surface area contributed by atoms with Gasteiger partial charge in [0.25, 0.3) is 0 Å². The maximum Gasteiger partial charge on any atom is 0.319 e. The number of hydrogen-bond donors (Lipinski definition) is 3. The fourth-order valence-electron chi connectivity index (χ4n) is 3.56. The van der Waals surface area contributed by atoms with Gasteiger partial charge in [0.05, 0.1) is 5.92 Å². The molecule has 3 rings (SSSR count). The predicted octanol–water partition coefficient (Wildman–Crippen LogP) is 2.99. The molecule has 26 heavy (non-hydrogen) atoms. The molecule has 0 radical (unpaired) electrons. The van der Waals surface area contributed by atoms with Gasteiger partial charge in [-0.05, 0) is 43.0 Å². The molecule has 2 aliphatic rings. The lowest BCUT2D eigenvalue weighted by molar-refractivity contribution is -0.126. The summed E-state index contributed by atoms with van der Waals surface area (Å²) >= 11 is 0. The number of amides is 3. The number of anilines is 1. The van der Waals surface area contributed by atoms with E-state index < -0.39 is 0 Å². The van der Waals surface area contributed by atoms with E-state index in [4.69, 9.17) is 4.74 Å². The number of fused-ring (bicyclic) bond motifs is 1. The summed E-state index contributed by atoms with van der Waals surface area (Å²) in [6.45, 7) is 4.42. The smallest absolute Gasteiger partial charge is 0.319 e. The van der Waals surface area contributed by atoms with E-state index in [0.29, 0.717) is 25.3 Å². The van der Waals surface area contributed by atoms with Crippen molar-refractivity contribution < 1.29 is 14.3 Å². The quantitative estimate of drug-likeness (QED) is 0.709. The van der Waals surface area contributed by atoms with Crippen LogP contribution in [-0.2, 0) is 11.2 Å². The Kier molecular flexibility index (Phi) is 6.15. The molecule has 1 aromatic rings. The van der Waals surface area contributed by atoms with Gasteiger partial charge in [0.2, 0.25) is 5.91 Å². The van der Waals surface area contributed by atoms with Crippen molar-refractivity contribution in [3.8, 4) is 5.75 Å². The molecule has 3 N–H and O–H groups in total. The Bertz CT molecular complexity index is 668. The minimum atomic E-state index is -0.228. The molecule has 1 aromatic carbocycles. The standard InChI is InChI=1S/C20H27N3O3/c1-2-10-21-19(24)15-11-14-12-17(8-9-18(14)26-13-15)23-20(25)22-16-6-4-3-5-7-16/h2,8-9,12,15-16H,1,3-7,10-11,13H2,(H,21,24)(H2,22,23,25). The third-order valence-electron chi connectivity index (χ3n) is 4.96. The lowest BCUT2D eigenvalue weighted by Crippen LogP contribution is -2.39. The zero-order valence-corrected chi connectivity index (χ0v) is 15.1. The Morgan fingerprint density at radius 3 is 2.81 bits per heavy atom. The van der Waals surface area contributed by atoms with Crippen LogP contribution in [0, 0.1) is 5.92 Å². The van der Waals surface area contributed by atoms with Crippen LogP contribution in [0.1, 0.15) is 37.7 Å². The summed E-state index contributed by atoms with van der Waals surface area (Å²) in [5, 5.41) is 8.75. The van der Waals surface area contributed by atoms with Crippen LogP contribution < -0.4 is 20.7 Å². The second kappa shape index (κ2) is 8.74. The van der Waals surface area contributed by atoms with Gasteiger partial charge >= 0.3 is 6.03 Å². The van der Waals surface area contributed by atoms with Crippen molar-refractivity contribution in [3.63, 3.8) is 0 Å². The summed E-state index contributed by atoms with van der Waals surface area (Å²) in [5.41, 5.74) is 1.65. The molecule has 1 aliphatic heterocycles. The van der Waals surface area contributed by atoms with Crippen molar-refractivity contribution in [2.24, 2.45) is 5.92 Å². The number of nitrogens with one attached hydrogen (secondary N) is 3. The maximum absolute atomic E-state index is 12.2. The Labute approximate surface area is 154 Å². The van der Waals surface area contributed by atoms with Crippen LogP contribution in [0.2, 0.25) is 0 Å². The molecule has 3 amide bonds. The Balaban J connectivity index is 1.58. The van der Waals surface area contributed by atoms with E-state index in [1.54, 1.807) is 6.08 Å². The summed E-state index contributed by atoms with van der Waals surface area (Å²) in [5.74, 6) is 0.508. The number of rotatable bonds is 5. The number of benzene rings is 1. The van der Waals surface area contributed by atoms with E-state index in [-0.39, 0.29) is 23.9 Å². The molecule has 140 valence electrons. The minimum Gasteiger partial charge on any atom is -0.492 e. The molecule has 6 nitrogen and oxygen atoms in total. The first-order chi connectivity index (χ1) is 12.7. The maximum atomic E-state index is 12.2. The first-order valence-corrected chi connectivity index (χ1v) is 9.37. The van der Waals surface area contributed by atoms with Crippen LogP contribution in [-0.4, -0.2) is 31.1 Å². The summed E-state index contributed by atoms with van der Waals surface area (Å²) in [4.78, 5) is 24.3. The van der Waals surface area contributed by atoms with Gasteiger partial charge in [-0.2, -0.15) is 0 Å². The normalized spacial score (nSPS) is 19.6. The molecule has 0 spiro atoms. The average molecular weight is 357 g/mol. The van der Waals surface area contributed by atoms with Crippen LogP contribution in [0.15, 0.2) is 30.9 Å². The van der Waals surface area contributed by atoms with Gasteiger partial charge in [0, 0.05) is 18.3 Å². The highest BCUT2D eigenvalue weighted by atomic mass is 16.5. The molecule has 0 bridgehead atoms. The average Bonchev–Trinajstić information content (AvgIpc) is 2.66. The Hall–Kier alpha value is -2.50. The molecule has 1 unspecified atom stereocenters. The van der Waals surface area contributed by atoms with Crippen molar-refractivity contribution in [2.45, 2.75) is 44.6 Å². The molecule has 0 aromatic heterocycles. The second-order valence-corrected chi connectivity index (χ2v) is 7.00. The third kappa shape index (κ3) is 4.77. The SMILES string of the molecule is C=CCNC(=O)C1COc2ccc(NC(=O)NC3CCCCC3)cc2C1. The zero-order chi connectivity index (χ0) is 18.4. The first-order valence-electron chi connectivity index (χ1n) is 9.37. The number of carbonyl (C=O) groups is 2. The predicted molar refractivity (Wildman–Crippen MR) is 101 cm³/mol. The van der Waals surface area contributed by atoms with Crippen LogP contribution in [0.4, 0.5) is 10.5 Å². The van der Waals surface area contributed by atoms with E-state index in [9.17, 15) is 9.59 Å². The van der Waals surface area contributed by atoms with Gasteiger partial charge in [-0.3, -0.25) is 4.79 Å². The Morgan fingerprint density at radius 1 is 1.23 bits per heavy atom. The van der Waals surface area contributed by atoms with Gasteiger partial charge in [0.15, 0.2) is 0 Å². The van der Waals surface area contributed by atoms with Crippen LogP contribution >= 0.6 is 0 Å². The fraction of sp³-hybridized carbons (Fsp3) is 0.500. The largest absolute Gasteiger partial charge is 0.492 e. The minimum absolute atomic E-state index is 0.0380. The number of carbonyl (C=O) groups excluding carboxylic acids is 2. The van der Waals surface area contributed by atoms with Crippen LogP contribution in [0.5, 0.6) is 5.75 Å². The van der Waals surface area contributed by atoms with Gasteiger partial charge in [-0.25, -0.2) is 4.79 Å². The topological polar surface area (TPSA) is 79.5 Å². The first kappa shape index (κ1) is 18.3. The third-order valence-corrected chi connectivity index (χ3v) is 4.96. The van der Waals surface area contributed by atoms with Gasteiger partial charge in [-0.1, -0.05) is 25.3 Å². The highest BCUT2D eigenvalue weighted by molar-refractivity contribution is 5.89. The highest BCUT2D eigenvalue weighted by Gasteiger charge is 2.26. The molecule has 6 heteroatoms. The fourth-order valence-corrected chi connectivity index (χ4v) is 3.56. The van der Waals surface area contributed by atoms with E-state index in [1.165, 1.54) is 19.3 Å². The summed E-state index contributed by atoms with van der Waals surface area (Å²) in [6, 6.07) is 5.67. The molecule has 0 saturated heterocycles. The molecular weight excluding hydrogens is 330 g/mol. The van der Waals surface area contributed by atoms with E-state index in [0.717, 1.165) is 24.2 Å². The number of urea groups is 1.